The summed E-state index contributed by atoms with van der Waals surface area (Å²) in [6.45, 7) is 0.721. The van der Waals surface area contributed by atoms with E-state index in [4.69, 9.17) is 11.6 Å². The summed E-state index contributed by atoms with van der Waals surface area (Å²) in [4.78, 5) is 19.2. The number of rotatable bonds is 3. The fraction of sp³-hybridized carbons (Fsp3) is 0.529. The Morgan fingerprint density at radius 2 is 2.00 bits per heavy atom. The Hall–Kier alpha value is -1.39. The van der Waals surface area contributed by atoms with Crippen LogP contribution in [0.25, 0.3) is 5.65 Å². The van der Waals surface area contributed by atoms with E-state index in [2.05, 4.69) is 16.9 Å². The lowest BCUT2D eigenvalue weighted by molar-refractivity contribution is 0.211. The molecule has 4 nitrogen and oxygen atoms in total. The Balaban J connectivity index is 1.81. The second-order valence-electron chi connectivity index (χ2n) is 6.22. The summed E-state index contributed by atoms with van der Waals surface area (Å²) in [6.07, 6.45) is 9.42. The molecule has 0 aromatic carbocycles. The summed E-state index contributed by atoms with van der Waals surface area (Å²) >= 11 is 5.94. The van der Waals surface area contributed by atoms with Crippen molar-refractivity contribution < 1.29 is 0 Å². The molecule has 0 atom stereocenters. The molecule has 118 valence electrons. The van der Waals surface area contributed by atoms with Crippen molar-refractivity contribution in [1.29, 1.82) is 0 Å². The molecule has 0 spiro atoms. The maximum Gasteiger partial charge on any atom is 0.258 e. The first-order chi connectivity index (χ1) is 10.6. The molecule has 1 fully saturated rings. The van der Waals surface area contributed by atoms with Gasteiger partial charge in [0.05, 0.1) is 10.7 Å². The second kappa shape index (κ2) is 6.80. The molecule has 1 aliphatic carbocycles. The van der Waals surface area contributed by atoms with Crippen LogP contribution in [0.4, 0.5) is 0 Å². The molecule has 0 saturated heterocycles. The molecule has 0 aliphatic heterocycles. The Bertz CT molecular complexity index is 705. The lowest BCUT2D eigenvalue weighted by atomic mass is 10.1. The Morgan fingerprint density at radius 3 is 2.73 bits per heavy atom. The fourth-order valence-electron chi connectivity index (χ4n) is 3.29. The van der Waals surface area contributed by atoms with Gasteiger partial charge in [0, 0.05) is 24.8 Å². The lowest BCUT2D eigenvalue weighted by Gasteiger charge is -2.26. The third-order valence-electron chi connectivity index (χ3n) is 4.54. The predicted octanol–water partition coefficient (Wildman–Crippen LogP) is 3.50. The number of halogens is 1. The molecule has 0 N–H and O–H groups in total. The van der Waals surface area contributed by atoms with Crippen LogP contribution in [0.15, 0.2) is 29.2 Å². The molecule has 5 heteroatoms. The molecule has 1 aliphatic rings. The highest BCUT2D eigenvalue weighted by Gasteiger charge is 2.17. The van der Waals surface area contributed by atoms with E-state index in [1.807, 2.05) is 0 Å². The molecule has 2 heterocycles. The first-order valence-electron chi connectivity index (χ1n) is 8.01. The van der Waals surface area contributed by atoms with Crippen LogP contribution in [-0.4, -0.2) is 27.4 Å². The van der Waals surface area contributed by atoms with Crippen LogP contribution in [-0.2, 0) is 6.54 Å². The van der Waals surface area contributed by atoms with Gasteiger partial charge in [-0.3, -0.25) is 14.1 Å². The quantitative estimate of drug-likeness (QED) is 0.813. The summed E-state index contributed by atoms with van der Waals surface area (Å²) in [5.41, 5.74) is 1.41. The van der Waals surface area contributed by atoms with Crippen LogP contribution in [0.1, 0.15) is 44.2 Å². The Morgan fingerprint density at radius 1 is 1.27 bits per heavy atom. The normalized spacial score (nSPS) is 17.0. The zero-order valence-electron chi connectivity index (χ0n) is 13.0. The minimum Gasteiger partial charge on any atom is -0.298 e. The first kappa shape index (κ1) is 15.5. The Kier molecular flexibility index (Phi) is 4.79. The second-order valence-corrected chi connectivity index (χ2v) is 6.66. The Labute approximate surface area is 135 Å². The van der Waals surface area contributed by atoms with Crippen molar-refractivity contribution in [2.45, 2.75) is 51.1 Å². The van der Waals surface area contributed by atoms with Gasteiger partial charge in [0.2, 0.25) is 0 Å². The molecule has 3 rings (SSSR count). The summed E-state index contributed by atoms with van der Waals surface area (Å²) in [5.74, 6) is 0. The number of aromatic nitrogens is 2. The fourth-order valence-corrected chi connectivity index (χ4v) is 3.45. The van der Waals surface area contributed by atoms with Crippen molar-refractivity contribution in [1.82, 2.24) is 14.3 Å². The predicted molar refractivity (Wildman–Crippen MR) is 89.4 cm³/mol. The lowest BCUT2D eigenvalue weighted by Crippen LogP contribution is -2.31. The van der Waals surface area contributed by atoms with Gasteiger partial charge in [-0.25, -0.2) is 4.98 Å². The highest BCUT2D eigenvalue weighted by atomic mass is 35.5. The van der Waals surface area contributed by atoms with E-state index < -0.39 is 0 Å². The molecule has 22 heavy (non-hydrogen) atoms. The number of pyridine rings is 1. The maximum atomic E-state index is 12.2. The van der Waals surface area contributed by atoms with E-state index in [0.29, 0.717) is 16.7 Å². The van der Waals surface area contributed by atoms with Crippen molar-refractivity contribution >= 4 is 17.2 Å². The van der Waals surface area contributed by atoms with Gasteiger partial charge >= 0.3 is 0 Å². The van der Waals surface area contributed by atoms with Crippen LogP contribution in [0.3, 0.4) is 0 Å². The zero-order chi connectivity index (χ0) is 15.5. The highest BCUT2D eigenvalue weighted by molar-refractivity contribution is 6.30. The molecular weight excluding hydrogens is 298 g/mol. The van der Waals surface area contributed by atoms with Gasteiger partial charge in [-0.1, -0.05) is 37.3 Å². The van der Waals surface area contributed by atoms with Gasteiger partial charge in [-0.05, 0) is 32.0 Å². The van der Waals surface area contributed by atoms with Gasteiger partial charge < -0.3 is 0 Å². The monoisotopic (exact) mass is 319 g/mol. The number of hydrogen-bond donors (Lipinski definition) is 0. The van der Waals surface area contributed by atoms with Crippen molar-refractivity contribution in [3.8, 4) is 0 Å². The van der Waals surface area contributed by atoms with Gasteiger partial charge in [0.15, 0.2) is 0 Å². The molecule has 0 unspecified atom stereocenters. The van der Waals surface area contributed by atoms with E-state index in [1.165, 1.54) is 42.9 Å². The topological polar surface area (TPSA) is 37.6 Å². The average Bonchev–Trinajstić information content (AvgIpc) is 2.77. The van der Waals surface area contributed by atoms with Crippen LogP contribution in [0.2, 0.25) is 5.02 Å². The average molecular weight is 320 g/mol. The molecule has 0 radical (unpaired) electrons. The molecule has 2 aromatic heterocycles. The molecule has 1 saturated carbocycles. The smallest absolute Gasteiger partial charge is 0.258 e. The molecule has 0 amide bonds. The largest absolute Gasteiger partial charge is 0.298 e. The van der Waals surface area contributed by atoms with Gasteiger partial charge in [0.1, 0.15) is 5.65 Å². The summed E-state index contributed by atoms with van der Waals surface area (Å²) in [6, 6.07) is 5.78. The van der Waals surface area contributed by atoms with Crippen LogP contribution >= 0.6 is 11.6 Å². The minimum absolute atomic E-state index is 0.0724. The van der Waals surface area contributed by atoms with Crippen molar-refractivity contribution in [3.05, 3.63) is 45.5 Å². The highest BCUT2D eigenvalue weighted by Crippen LogP contribution is 2.22. The van der Waals surface area contributed by atoms with Gasteiger partial charge in [0.25, 0.3) is 5.56 Å². The van der Waals surface area contributed by atoms with E-state index >= 15 is 0 Å². The molecule has 0 bridgehead atoms. The molecule has 2 aromatic rings. The summed E-state index contributed by atoms with van der Waals surface area (Å²) < 4.78 is 1.50. The number of fused-ring (bicyclic) bond motifs is 1. The third-order valence-corrected chi connectivity index (χ3v) is 4.76. The summed E-state index contributed by atoms with van der Waals surface area (Å²) in [7, 11) is 2.14. The van der Waals surface area contributed by atoms with Crippen molar-refractivity contribution in [2.24, 2.45) is 0 Å². The van der Waals surface area contributed by atoms with E-state index in [1.54, 1.807) is 24.4 Å². The van der Waals surface area contributed by atoms with Crippen molar-refractivity contribution in [3.63, 3.8) is 0 Å². The zero-order valence-corrected chi connectivity index (χ0v) is 13.7. The van der Waals surface area contributed by atoms with E-state index in [0.717, 1.165) is 12.2 Å². The SMILES string of the molecule is CN(Cc1cc(=O)n2cc(Cl)ccc2n1)C1CCCCCC1. The first-order valence-corrected chi connectivity index (χ1v) is 8.39. The van der Waals surface area contributed by atoms with E-state index in [9.17, 15) is 4.79 Å². The molecular formula is C17H22ClN3O. The summed E-state index contributed by atoms with van der Waals surface area (Å²) in [5, 5.41) is 0.541. The number of hydrogen-bond acceptors (Lipinski definition) is 3. The van der Waals surface area contributed by atoms with Gasteiger partial charge in [-0.15, -0.1) is 0 Å². The van der Waals surface area contributed by atoms with Crippen molar-refractivity contribution in [2.75, 3.05) is 7.05 Å². The third kappa shape index (κ3) is 3.50. The van der Waals surface area contributed by atoms with Gasteiger partial charge in [-0.2, -0.15) is 0 Å². The van der Waals surface area contributed by atoms with Crippen LogP contribution < -0.4 is 5.56 Å². The van der Waals surface area contributed by atoms with Crippen LogP contribution in [0, 0.1) is 0 Å². The van der Waals surface area contributed by atoms with E-state index in [-0.39, 0.29) is 5.56 Å². The van der Waals surface area contributed by atoms with Crippen LogP contribution in [0.5, 0.6) is 0 Å². The maximum absolute atomic E-state index is 12.2. The standard InChI is InChI=1S/C17H22ClN3O/c1-20(15-6-4-2-3-5-7-15)12-14-10-17(22)21-11-13(18)8-9-16(21)19-14/h8-11,15H,2-7,12H2,1H3. The number of nitrogens with zero attached hydrogens (tertiary/aromatic N) is 3. The minimum atomic E-state index is -0.0724.